The van der Waals surface area contributed by atoms with Crippen molar-refractivity contribution in [3.8, 4) is 0 Å². The molecule has 2 atom stereocenters. The minimum atomic E-state index is -0.241. The molecule has 0 N–H and O–H groups in total. The SMILES string of the molecule is CC(=O)OCC1=CC2C=Cc3ccc(Br)cc3C2C=C1. The largest absolute Gasteiger partial charge is 0.461 e. The van der Waals surface area contributed by atoms with Gasteiger partial charge in [0.25, 0.3) is 0 Å². The predicted molar refractivity (Wildman–Crippen MR) is 83.3 cm³/mol. The Kier molecular flexibility index (Phi) is 3.62. The molecule has 102 valence electrons. The van der Waals surface area contributed by atoms with Gasteiger partial charge in [-0.05, 0) is 28.8 Å². The third-order valence-corrected chi connectivity index (χ3v) is 4.18. The molecule has 0 heterocycles. The summed E-state index contributed by atoms with van der Waals surface area (Å²) in [5.41, 5.74) is 3.67. The first-order valence-corrected chi connectivity index (χ1v) is 7.43. The number of halogens is 1. The highest BCUT2D eigenvalue weighted by Crippen LogP contribution is 2.40. The van der Waals surface area contributed by atoms with Crippen LogP contribution in [-0.2, 0) is 9.53 Å². The van der Waals surface area contributed by atoms with Crippen molar-refractivity contribution >= 4 is 28.0 Å². The molecule has 0 amide bonds. The molecule has 2 aliphatic rings. The molecule has 1 aromatic rings. The fourth-order valence-corrected chi connectivity index (χ4v) is 3.11. The maximum Gasteiger partial charge on any atom is 0.302 e. The van der Waals surface area contributed by atoms with Crippen molar-refractivity contribution in [3.63, 3.8) is 0 Å². The van der Waals surface area contributed by atoms with Crippen LogP contribution in [0.2, 0.25) is 0 Å². The van der Waals surface area contributed by atoms with E-state index in [9.17, 15) is 4.79 Å². The summed E-state index contributed by atoms with van der Waals surface area (Å²) in [4.78, 5) is 10.9. The number of carbonyl (C=O) groups is 1. The van der Waals surface area contributed by atoms with Crippen LogP contribution >= 0.6 is 15.9 Å². The van der Waals surface area contributed by atoms with Gasteiger partial charge in [-0.25, -0.2) is 0 Å². The highest BCUT2D eigenvalue weighted by atomic mass is 79.9. The summed E-state index contributed by atoms with van der Waals surface area (Å²) in [6, 6.07) is 6.39. The zero-order valence-corrected chi connectivity index (χ0v) is 12.8. The summed E-state index contributed by atoms with van der Waals surface area (Å²) in [5, 5.41) is 0. The lowest BCUT2D eigenvalue weighted by Gasteiger charge is -2.29. The number of fused-ring (bicyclic) bond motifs is 3. The molecule has 0 bridgehead atoms. The second kappa shape index (κ2) is 5.41. The first-order chi connectivity index (χ1) is 9.63. The lowest BCUT2D eigenvalue weighted by atomic mass is 9.76. The van der Waals surface area contributed by atoms with Crippen LogP contribution in [0.1, 0.15) is 24.0 Å². The first-order valence-electron chi connectivity index (χ1n) is 6.63. The summed E-state index contributed by atoms with van der Waals surface area (Å²) in [7, 11) is 0. The second-order valence-electron chi connectivity index (χ2n) is 5.12. The highest BCUT2D eigenvalue weighted by molar-refractivity contribution is 9.10. The highest BCUT2D eigenvalue weighted by Gasteiger charge is 2.25. The van der Waals surface area contributed by atoms with Gasteiger partial charge in [0, 0.05) is 23.2 Å². The van der Waals surface area contributed by atoms with E-state index in [1.54, 1.807) is 0 Å². The van der Waals surface area contributed by atoms with Crippen LogP contribution in [0.4, 0.5) is 0 Å². The van der Waals surface area contributed by atoms with Gasteiger partial charge < -0.3 is 4.74 Å². The zero-order chi connectivity index (χ0) is 14.1. The molecule has 0 fully saturated rings. The van der Waals surface area contributed by atoms with E-state index in [1.165, 1.54) is 18.1 Å². The molecule has 0 aliphatic heterocycles. The minimum Gasteiger partial charge on any atom is -0.461 e. The van der Waals surface area contributed by atoms with Crippen LogP contribution in [0.3, 0.4) is 0 Å². The van der Waals surface area contributed by atoms with Crippen molar-refractivity contribution in [1.29, 1.82) is 0 Å². The summed E-state index contributed by atoms with van der Waals surface area (Å²) < 4.78 is 6.16. The van der Waals surface area contributed by atoms with Crippen LogP contribution in [0, 0.1) is 5.92 Å². The van der Waals surface area contributed by atoms with E-state index in [1.807, 2.05) is 0 Å². The van der Waals surface area contributed by atoms with Crippen molar-refractivity contribution in [2.45, 2.75) is 12.8 Å². The van der Waals surface area contributed by atoms with E-state index >= 15 is 0 Å². The van der Waals surface area contributed by atoms with E-state index in [-0.39, 0.29) is 5.97 Å². The Labute approximate surface area is 127 Å². The number of rotatable bonds is 2. The molecule has 2 unspecified atom stereocenters. The fraction of sp³-hybridized carbons (Fsp3) is 0.235. The number of hydrogen-bond donors (Lipinski definition) is 0. The standard InChI is InChI=1S/C17H15BrO2/c1-11(19)20-10-12-2-7-16-14(8-12)4-3-13-5-6-15(18)9-17(13)16/h2-9,14,16H,10H2,1H3. The topological polar surface area (TPSA) is 26.3 Å². The molecule has 3 rings (SSSR count). The Bertz CT molecular complexity index is 640. The quantitative estimate of drug-likeness (QED) is 0.758. The monoisotopic (exact) mass is 330 g/mol. The van der Waals surface area contributed by atoms with Crippen molar-refractivity contribution in [2.75, 3.05) is 6.61 Å². The number of hydrogen-bond acceptors (Lipinski definition) is 2. The molecule has 0 saturated heterocycles. The van der Waals surface area contributed by atoms with E-state index < -0.39 is 0 Å². The molecule has 0 spiro atoms. The number of benzene rings is 1. The Morgan fingerprint density at radius 1 is 1.30 bits per heavy atom. The van der Waals surface area contributed by atoms with Crippen LogP contribution in [-0.4, -0.2) is 12.6 Å². The van der Waals surface area contributed by atoms with Gasteiger partial charge in [-0.1, -0.05) is 52.4 Å². The maximum atomic E-state index is 10.9. The molecule has 0 aromatic heterocycles. The number of ether oxygens (including phenoxy) is 1. The van der Waals surface area contributed by atoms with Gasteiger partial charge in [-0.3, -0.25) is 4.79 Å². The number of esters is 1. The van der Waals surface area contributed by atoms with Crippen molar-refractivity contribution in [2.24, 2.45) is 5.92 Å². The van der Waals surface area contributed by atoms with Gasteiger partial charge in [0.05, 0.1) is 0 Å². The van der Waals surface area contributed by atoms with Crippen molar-refractivity contribution in [1.82, 2.24) is 0 Å². The van der Waals surface area contributed by atoms with E-state index in [4.69, 9.17) is 4.74 Å². The number of allylic oxidation sites excluding steroid dienone is 3. The summed E-state index contributed by atoms with van der Waals surface area (Å²) >= 11 is 3.54. The summed E-state index contributed by atoms with van der Waals surface area (Å²) in [5.74, 6) is 0.468. The Hall–Kier alpha value is -1.61. The molecule has 1 aromatic carbocycles. The van der Waals surface area contributed by atoms with Crippen LogP contribution in [0.5, 0.6) is 0 Å². The van der Waals surface area contributed by atoms with E-state index in [2.05, 4.69) is 64.5 Å². The zero-order valence-electron chi connectivity index (χ0n) is 11.2. The summed E-state index contributed by atoms with van der Waals surface area (Å²) in [6.07, 6.45) is 10.8. The smallest absolute Gasteiger partial charge is 0.302 e. The van der Waals surface area contributed by atoms with Gasteiger partial charge in [0.2, 0.25) is 0 Å². The van der Waals surface area contributed by atoms with Gasteiger partial charge in [-0.15, -0.1) is 0 Å². The van der Waals surface area contributed by atoms with Crippen LogP contribution in [0.15, 0.2) is 52.5 Å². The maximum absolute atomic E-state index is 10.9. The van der Waals surface area contributed by atoms with Gasteiger partial charge in [0.1, 0.15) is 6.61 Å². The van der Waals surface area contributed by atoms with Crippen molar-refractivity contribution < 1.29 is 9.53 Å². The normalized spacial score (nSPS) is 22.8. The second-order valence-corrected chi connectivity index (χ2v) is 6.03. The third kappa shape index (κ3) is 2.63. The Morgan fingerprint density at radius 3 is 2.95 bits per heavy atom. The molecule has 20 heavy (non-hydrogen) atoms. The molecule has 0 radical (unpaired) electrons. The minimum absolute atomic E-state index is 0.241. The molecule has 0 saturated carbocycles. The Balaban J connectivity index is 1.85. The number of carbonyl (C=O) groups excluding carboxylic acids is 1. The first kappa shape index (κ1) is 13.4. The Morgan fingerprint density at radius 2 is 2.15 bits per heavy atom. The average molecular weight is 331 g/mol. The van der Waals surface area contributed by atoms with Gasteiger partial charge in [-0.2, -0.15) is 0 Å². The fourth-order valence-electron chi connectivity index (χ4n) is 2.73. The van der Waals surface area contributed by atoms with E-state index in [0.29, 0.717) is 18.4 Å². The van der Waals surface area contributed by atoms with Crippen LogP contribution in [0.25, 0.3) is 6.08 Å². The molecular formula is C17H15BrO2. The van der Waals surface area contributed by atoms with E-state index in [0.717, 1.165) is 10.0 Å². The van der Waals surface area contributed by atoms with Crippen molar-refractivity contribution in [3.05, 3.63) is 63.7 Å². The third-order valence-electron chi connectivity index (χ3n) is 3.69. The van der Waals surface area contributed by atoms with Crippen LogP contribution < -0.4 is 0 Å². The lowest BCUT2D eigenvalue weighted by molar-refractivity contribution is -0.139. The van der Waals surface area contributed by atoms with Gasteiger partial charge >= 0.3 is 5.97 Å². The predicted octanol–water partition coefficient (Wildman–Crippen LogP) is 4.24. The summed E-state index contributed by atoms with van der Waals surface area (Å²) in [6.45, 7) is 1.79. The molecule has 2 aliphatic carbocycles. The van der Waals surface area contributed by atoms with Gasteiger partial charge in [0.15, 0.2) is 0 Å². The molecule has 2 nitrogen and oxygen atoms in total. The molecule has 3 heteroatoms. The average Bonchev–Trinajstić information content (AvgIpc) is 2.44. The lowest BCUT2D eigenvalue weighted by Crippen LogP contribution is -2.16. The molecular weight excluding hydrogens is 316 g/mol.